The summed E-state index contributed by atoms with van der Waals surface area (Å²) >= 11 is 0. The largest absolute Gasteiger partial charge is 2.00 e. The predicted octanol–water partition coefficient (Wildman–Crippen LogP) is 3.04. The Balaban J connectivity index is 0.000000408. The zero-order valence-electron chi connectivity index (χ0n) is 15.7. The number of rotatable bonds is 3. The third-order valence-electron chi connectivity index (χ3n) is 4.79. The molecule has 2 aliphatic carbocycles. The van der Waals surface area contributed by atoms with Crippen molar-refractivity contribution in [3.63, 3.8) is 0 Å². The van der Waals surface area contributed by atoms with E-state index in [0.717, 1.165) is 5.56 Å². The van der Waals surface area contributed by atoms with E-state index in [1.165, 1.54) is 0 Å². The Hall–Kier alpha value is -0.126. The Kier molecular flexibility index (Phi) is 9.29. The van der Waals surface area contributed by atoms with E-state index in [1.54, 1.807) is 31.0 Å². The van der Waals surface area contributed by atoms with Crippen LogP contribution in [-0.4, -0.2) is 34.9 Å². The van der Waals surface area contributed by atoms with Crippen LogP contribution in [0.4, 0.5) is 0 Å². The van der Waals surface area contributed by atoms with Crippen LogP contribution in [0.25, 0.3) is 0 Å². The molecule has 1 aromatic rings. The maximum Gasteiger partial charge on any atom is 2.00 e. The minimum absolute atomic E-state index is 0. The summed E-state index contributed by atoms with van der Waals surface area (Å²) in [6.45, 7) is 1.95. The Labute approximate surface area is 180 Å². The second-order valence-electron chi connectivity index (χ2n) is 6.47. The minimum atomic E-state index is -3.32. The van der Waals surface area contributed by atoms with Gasteiger partial charge in [0.05, 0.1) is 5.66 Å². The quantitative estimate of drug-likeness (QED) is 0.560. The third-order valence-corrected chi connectivity index (χ3v) is 7.52. The molecule has 0 bridgehead atoms. The molecule has 3 aliphatic rings. The average molecular weight is 439 g/mol. The molecule has 0 amide bonds. The third kappa shape index (κ3) is 5.13. The maximum absolute atomic E-state index is 13.4. The molecule has 3 fully saturated rings. The summed E-state index contributed by atoms with van der Waals surface area (Å²) in [4.78, 5) is 0. The molecule has 1 aliphatic heterocycles. The smallest absolute Gasteiger partial charge is 0.427 e. The van der Waals surface area contributed by atoms with Gasteiger partial charge in [0.1, 0.15) is 6.10 Å². The van der Waals surface area contributed by atoms with Crippen LogP contribution in [-0.2, 0) is 26.2 Å². The fourth-order valence-electron chi connectivity index (χ4n) is 3.18. The first kappa shape index (κ1) is 24.1. The number of hydrogen-bond acceptors (Lipinski definition) is 4. The SMILES string of the molecule is C[C@H]1[C@@H](c2ccccc2)O[P@@](=O)([C]2[CH][CH][CH][C]2B(O)O)N1C.[CH]1[CH][CH][CH][CH]1.[Fe+2]. The number of likely N-dealkylation sites (N-methyl/N-ethyl adjacent to an activating group) is 1. The van der Waals surface area contributed by atoms with Gasteiger partial charge in [-0.25, -0.2) is 4.67 Å². The van der Waals surface area contributed by atoms with Crippen molar-refractivity contribution in [3.8, 4) is 0 Å². The van der Waals surface area contributed by atoms with E-state index < -0.39 is 14.6 Å². The van der Waals surface area contributed by atoms with Crippen molar-refractivity contribution in [2.45, 2.75) is 19.1 Å². The van der Waals surface area contributed by atoms with Crippen LogP contribution in [0.15, 0.2) is 30.3 Å². The summed E-state index contributed by atoms with van der Waals surface area (Å²) in [6.07, 6.45) is 14.5. The monoisotopic (exact) mass is 439 g/mol. The van der Waals surface area contributed by atoms with Crippen molar-refractivity contribution in [2.75, 3.05) is 7.05 Å². The summed E-state index contributed by atoms with van der Waals surface area (Å²) < 4.78 is 21.1. The summed E-state index contributed by atoms with van der Waals surface area (Å²) in [5.74, 6) is 0.232. The fourth-order valence-corrected chi connectivity index (χ4v) is 5.78. The van der Waals surface area contributed by atoms with Crippen molar-refractivity contribution < 1.29 is 36.2 Å². The molecule has 0 unspecified atom stereocenters. The van der Waals surface area contributed by atoms with Gasteiger partial charge in [-0.1, -0.05) is 30.3 Å². The molecule has 1 saturated heterocycles. The van der Waals surface area contributed by atoms with E-state index in [4.69, 9.17) is 4.52 Å². The molecule has 10 radical (unpaired) electrons. The summed E-state index contributed by atoms with van der Waals surface area (Å²) in [6, 6.07) is 9.55. The van der Waals surface area contributed by atoms with E-state index >= 15 is 0 Å². The van der Waals surface area contributed by atoms with Gasteiger partial charge in [0.25, 0.3) is 7.52 Å². The Morgan fingerprint density at radius 1 is 1.00 bits per heavy atom. The molecule has 2 N–H and O–H groups in total. The van der Waals surface area contributed by atoms with Crippen molar-refractivity contribution >= 4 is 14.6 Å². The fraction of sp³-hybridized carbons (Fsp3) is 0.200. The summed E-state index contributed by atoms with van der Waals surface area (Å²) in [5.41, 5.74) is 1.31. The van der Waals surface area contributed by atoms with Gasteiger partial charge < -0.3 is 14.6 Å². The minimum Gasteiger partial charge on any atom is -0.427 e. The normalized spacial score (nSPS) is 31.3. The van der Waals surface area contributed by atoms with Crippen LogP contribution >= 0.6 is 7.52 Å². The van der Waals surface area contributed by atoms with Crippen LogP contribution in [0.5, 0.6) is 0 Å². The first-order valence-corrected chi connectivity index (χ1v) is 10.4. The summed E-state index contributed by atoms with van der Waals surface area (Å²) in [5, 5.41) is 18.9. The molecular weight excluding hydrogens is 416 g/mol. The molecule has 8 heteroatoms. The van der Waals surface area contributed by atoms with Gasteiger partial charge in [-0.3, -0.25) is 4.57 Å². The van der Waals surface area contributed by atoms with E-state index in [2.05, 4.69) is 0 Å². The van der Waals surface area contributed by atoms with Crippen molar-refractivity contribution in [1.82, 2.24) is 4.67 Å². The van der Waals surface area contributed by atoms with Crippen molar-refractivity contribution in [3.05, 3.63) is 98.7 Å². The molecule has 1 aromatic carbocycles. The van der Waals surface area contributed by atoms with Gasteiger partial charge in [-0.2, -0.15) is 0 Å². The predicted molar refractivity (Wildman–Crippen MR) is 106 cm³/mol. The van der Waals surface area contributed by atoms with Crippen LogP contribution in [0, 0.1) is 62.8 Å². The molecular formula is C20H23BFeNO4P+2. The molecule has 5 nitrogen and oxygen atoms in total. The molecule has 0 aromatic heterocycles. The van der Waals surface area contributed by atoms with Gasteiger partial charge in [0.2, 0.25) is 0 Å². The van der Waals surface area contributed by atoms with Crippen LogP contribution < -0.4 is 0 Å². The second kappa shape index (κ2) is 10.8. The Morgan fingerprint density at radius 2 is 1.57 bits per heavy atom. The number of hydrogen-bond donors (Lipinski definition) is 2. The first-order chi connectivity index (χ1) is 12.9. The van der Waals surface area contributed by atoms with E-state index in [1.807, 2.05) is 69.4 Å². The second-order valence-corrected chi connectivity index (χ2v) is 8.84. The number of nitrogens with zero attached hydrogens (tertiary/aromatic N) is 1. The van der Waals surface area contributed by atoms with Crippen molar-refractivity contribution in [2.24, 2.45) is 0 Å². The van der Waals surface area contributed by atoms with Crippen LogP contribution in [0.3, 0.4) is 0 Å². The molecule has 146 valence electrons. The van der Waals surface area contributed by atoms with Gasteiger partial charge in [-0.05, 0) is 70.9 Å². The average Bonchev–Trinajstić information content (AvgIpc) is 3.42. The number of benzene rings is 1. The van der Waals surface area contributed by atoms with Gasteiger partial charge >= 0.3 is 24.2 Å². The maximum atomic E-state index is 13.4. The van der Waals surface area contributed by atoms with Crippen LogP contribution in [0.1, 0.15) is 18.6 Å². The Bertz CT molecular complexity index is 639. The molecule has 0 spiro atoms. The zero-order chi connectivity index (χ0) is 19.4. The van der Waals surface area contributed by atoms with Crippen molar-refractivity contribution in [1.29, 1.82) is 0 Å². The topological polar surface area (TPSA) is 70.0 Å². The molecule has 28 heavy (non-hydrogen) atoms. The molecule has 3 atom stereocenters. The Morgan fingerprint density at radius 3 is 2.11 bits per heavy atom. The molecule has 4 rings (SSSR count). The molecule has 2 saturated carbocycles. The van der Waals surface area contributed by atoms with Gasteiger partial charge in [0, 0.05) is 11.9 Å². The van der Waals surface area contributed by atoms with Crippen LogP contribution in [0.2, 0.25) is 0 Å². The molecule has 1 heterocycles. The zero-order valence-corrected chi connectivity index (χ0v) is 17.7. The van der Waals surface area contributed by atoms with E-state index in [9.17, 15) is 14.6 Å². The van der Waals surface area contributed by atoms with E-state index in [0.29, 0.717) is 5.66 Å². The standard InChI is InChI=1S/C15H18BNO4P.C5H5.Fe/c1-11-15(12-7-4-3-5-8-12)21-22(20,17(11)2)14-10-6-9-13(14)16(18)19;1-2-4-5-3-1;/h3-11,15,18-19H,1-2H3;1-5H;/q;;+2/t11-,15-,22-;;/m0../s1. The first-order valence-electron chi connectivity index (χ1n) is 8.81. The van der Waals surface area contributed by atoms with Gasteiger partial charge in [0.15, 0.2) is 0 Å². The van der Waals surface area contributed by atoms with Gasteiger partial charge in [-0.15, -0.1) is 0 Å². The van der Waals surface area contributed by atoms with E-state index in [-0.39, 0.29) is 35.0 Å². The summed E-state index contributed by atoms with van der Waals surface area (Å²) in [7, 11) is -3.24.